The summed E-state index contributed by atoms with van der Waals surface area (Å²) in [5.74, 6) is 0.697. The molecular formula is C14H13Cl2N3. The van der Waals surface area contributed by atoms with Crippen LogP contribution in [-0.4, -0.2) is 11.2 Å². The van der Waals surface area contributed by atoms with Crippen LogP contribution in [0.1, 0.15) is 18.4 Å². The van der Waals surface area contributed by atoms with E-state index >= 15 is 0 Å². The molecular weight excluding hydrogens is 281 g/mol. The fraction of sp³-hybridized carbons (Fsp3) is 0.143. The molecule has 2 rings (SSSR count). The van der Waals surface area contributed by atoms with Crippen LogP contribution < -0.4 is 5.43 Å². The van der Waals surface area contributed by atoms with Crippen LogP contribution in [-0.2, 0) is 0 Å². The number of nitrogens with one attached hydrogen (secondary N) is 1. The highest BCUT2D eigenvalue weighted by atomic mass is 35.5. The van der Waals surface area contributed by atoms with Gasteiger partial charge in [0, 0.05) is 18.3 Å². The molecule has 1 atom stereocenters. The van der Waals surface area contributed by atoms with Crippen molar-refractivity contribution in [3.05, 3.63) is 58.2 Å². The first-order valence-corrected chi connectivity index (χ1v) is 6.57. The van der Waals surface area contributed by atoms with Crippen LogP contribution in [0.4, 0.5) is 5.82 Å². The number of benzene rings is 1. The molecule has 1 aromatic heterocycles. The summed E-state index contributed by atoms with van der Waals surface area (Å²) in [6, 6.07) is 11.7. The number of aromatic nitrogens is 1. The van der Waals surface area contributed by atoms with E-state index in [4.69, 9.17) is 23.2 Å². The number of nitrogens with zero attached hydrogens (tertiary/aromatic N) is 2. The molecule has 5 heteroatoms. The van der Waals surface area contributed by atoms with E-state index in [-0.39, 0.29) is 5.92 Å². The highest BCUT2D eigenvalue weighted by Gasteiger charge is 2.03. The quantitative estimate of drug-likeness (QED) is 0.661. The monoisotopic (exact) mass is 293 g/mol. The SMILES string of the molecule is C[C@@H](/C=N\Nc1ncc(Cl)cc1Cl)c1ccccc1. The van der Waals surface area contributed by atoms with Crippen molar-refractivity contribution in [3.8, 4) is 0 Å². The fourth-order valence-electron chi connectivity index (χ4n) is 1.55. The van der Waals surface area contributed by atoms with E-state index in [9.17, 15) is 0 Å². The van der Waals surface area contributed by atoms with Crippen LogP contribution in [0.15, 0.2) is 47.7 Å². The maximum Gasteiger partial charge on any atom is 0.165 e. The fourth-order valence-corrected chi connectivity index (χ4v) is 1.97. The molecule has 0 spiro atoms. The average Bonchev–Trinajstić information content (AvgIpc) is 2.42. The molecule has 98 valence electrons. The van der Waals surface area contributed by atoms with Crippen molar-refractivity contribution in [1.29, 1.82) is 0 Å². The molecule has 0 aliphatic heterocycles. The molecule has 0 aliphatic rings. The first-order chi connectivity index (χ1) is 9.16. The van der Waals surface area contributed by atoms with E-state index in [2.05, 4.69) is 34.6 Å². The van der Waals surface area contributed by atoms with Crippen molar-refractivity contribution >= 4 is 35.2 Å². The minimum absolute atomic E-state index is 0.208. The molecule has 2 aromatic rings. The summed E-state index contributed by atoms with van der Waals surface area (Å²) in [6.45, 7) is 2.07. The van der Waals surface area contributed by atoms with Crippen molar-refractivity contribution < 1.29 is 0 Å². The van der Waals surface area contributed by atoms with Crippen molar-refractivity contribution in [1.82, 2.24) is 4.98 Å². The van der Waals surface area contributed by atoms with E-state index in [1.807, 2.05) is 24.4 Å². The maximum absolute atomic E-state index is 5.98. The number of rotatable bonds is 4. The molecule has 3 nitrogen and oxygen atoms in total. The molecule has 0 fully saturated rings. The van der Waals surface area contributed by atoms with Crippen molar-refractivity contribution in [2.45, 2.75) is 12.8 Å². The standard InChI is InChI=1S/C14H13Cl2N3/c1-10(11-5-3-2-4-6-11)8-18-19-14-13(16)7-12(15)9-17-14/h2-10H,1H3,(H,17,19)/b18-8-/t10-/m0/s1. The zero-order chi connectivity index (χ0) is 13.7. The third-order valence-corrected chi connectivity index (χ3v) is 3.10. The Bertz CT molecular complexity index is 570. The van der Waals surface area contributed by atoms with Gasteiger partial charge >= 0.3 is 0 Å². The lowest BCUT2D eigenvalue weighted by atomic mass is 10.0. The van der Waals surface area contributed by atoms with E-state index < -0.39 is 0 Å². The summed E-state index contributed by atoms with van der Waals surface area (Å²) >= 11 is 11.7. The van der Waals surface area contributed by atoms with E-state index in [0.717, 1.165) is 0 Å². The van der Waals surface area contributed by atoms with E-state index in [0.29, 0.717) is 15.9 Å². The second-order valence-electron chi connectivity index (χ2n) is 4.07. The van der Waals surface area contributed by atoms with Gasteiger partial charge in [-0.1, -0.05) is 60.5 Å². The molecule has 0 unspecified atom stereocenters. The van der Waals surface area contributed by atoms with Crippen LogP contribution in [0.25, 0.3) is 0 Å². The normalized spacial score (nSPS) is 12.6. The summed E-state index contributed by atoms with van der Waals surface area (Å²) in [5, 5.41) is 5.08. The Labute approximate surface area is 122 Å². The van der Waals surface area contributed by atoms with Crippen LogP contribution in [0.5, 0.6) is 0 Å². The molecule has 0 bridgehead atoms. The Kier molecular flexibility index (Phi) is 4.77. The Morgan fingerprint density at radius 3 is 2.68 bits per heavy atom. The van der Waals surface area contributed by atoms with Gasteiger partial charge in [-0.15, -0.1) is 0 Å². The van der Waals surface area contributed by atoms with Gasteiger partial charge in [0.2, 0.25) is 0 Å². The Morgan fingerprint density at radius 1 is 1.26 bits per heavy atom. The van der Waals surface area contributed by atoms with Crippen LogP contribution in [0.2, 0.25) is 10.0 Å². The summed E-state index contributed by atoms with van der Waals surface area (Å²) in [4.78, 5) is 4.06. The summed E-state index contributed by atoms with van der Waals surface area (Å²) in [5.41, 5.74) is 4.01. The molecule has 0 saturated heterocycles. The Morgan fingerprint density at radius 2 is 2.00 bits per heavy atom. The van der Waals surface area contributed by atoms with Gasteiger partial charge in [0.25, 0.3) is 0 Å². The van der Waals surface area contributed by atoms with Crippen LogP contribution in [0, 0.1) is 0 Å². The number of hydrogen-bond donors (Lipinski definition) is 1. The number of pyridine rings is 1. The zero-order valence-electron chi connectivity index (χ0n) is 10.3. The number of hydrogen-bond acceptors (Lipinski definition) is 3. The second-order valence-corrected chi connectivity index (χ2v) is 4.92. The van der Waals surface area contributed by atoms with Gasteiger partial charge in [0.1, 0.15) is 0 Å². The summed E-state index contributed by atoms with van der Waals surface area (Å²) < 4.78 is 0. The van der Waals surface area contributed by atoms with Gasteiger partial charge in [-0.2, -0.15) is 5.10 Å². The molecule has 0 radical (unpaired) electrons. The van der Waals surface area contributed by atoms with Crippen LogP contribution >= 0.6 is 23.2 Å². The van der Waals surface area contributed by atoms with Gasteiger partial charge in [-0.3, -0.25) is 5.43 Å². The molecule has 0 saturated carbocycles. The van der Waals surface area contributed by atoms with Gasteiger partial charge < -0.3 is 0 Å². The molecule has 19 heavy (non-hydrogen) atoms. The highest BCUT2D eigenvalue weighted by molar-refractivity contribution is 6.35. The lowest BCUT2D eigenvalue weighted by Crippen LogP contribution is -1.99. The lowest BCUT2D eigenvalue weighted by Gasteiger charge is -2.06. The topological polar surface area (TPSA) is 37.3 Å². The average molecular weight is 294 g/mol. The first kappa shape index (κ1) is 13.8. The second kappa shape index (κ2) is 6.55. The van der Waals surface area contributed by atoms with Gasteiger partial charge in [0.15, 0.2) is 5.82 Å². The predicted octanol–water partition coefficient (Wildman–Crippen LogP) is 4.59. The minimum Gasteiger partial charge on any atom is -0.260 e. The lowest BCUT2D eigenvalue weighted by molar-refractivity contribution is 1.03. The first-order valence-electron chi connectivity index (χ1n) is 5.82. The van der Waals surface area contributed by atoms with Crippen molar-refractivity contribution in [2.75, 3.05) is 5.43 Å². The Balaban J connectivity index is 2.00. The molecule has 1 heterocycles. The van der Waals surface area contributed by atoms with Gasteiger partial charge in [0.05, 0.1) is 10.0 Å². The molecule has 1 N–H and O–H groups in total. The summed E-state index contributed by atoms with van der Waals surface area (Å²) in [6.07, 6.45) is 3.33. The smallest absolute Gasteiger partial charge is 0.165 e. The third-order valence-electron chi connectivity index (χ3n) is 2.60. The van der Waals surface area contributed by atoms with Gasteiger partial charge in [-0.25, -0.2) is 4.98 Å². The van der Waals surface area contributed by atoms with Crippen molar-refractivity contribution in [3.63, 3.8) is 0 Å². The minimum atomic E-state index is 0.208. The van der Waals surface area contributed by atoms with E-state index in [1.165, 1.54) is 11.8 Å². The molecule has 0 amide bonds. The number of halogens is 2. The largest absolute Gasteiger partial charge is 0.260 e. The van der Waals surface area contributed by atoms with Crippen molar-refractivity contribution in [2.24, 2.45) is 5.10 Å². The highest BCUT2D eigenvalue weighted by Crippen LogP contribution is 2.22. The predicted molar refractivity (Wildman–Crippen MR) is 81.2 cm³/mol. The van der Waals surface area contributed by atoms with Crippen LogP contribution in [0.3, 0.4) is 0 Å². The number of hydrazone groups is 1. The number of anilines is 1. The molecule has 1 aromatic carbocycles. The summed E-state index contributed by atoms with van der Waals surface area (Å²) in [7, 11) is 0. The van der Waals surface area contributed by atoms with Gasteiger partial charge in [-0.05, 0) is 11.6 Å². The Hall–Kier alpha value is -1.58. The van der Waals surface area contributed by atoms with E-state index in [1.54, 1.807) is 6.07 Å². The third kappa shape index (κ3) is 3.94. The maximum atomic E-state index is 5.98. The zero-order valence-corrected chi connectivity index (χ0v) is 11.9. The molecule has 0 aliphatic carbocycles.